The van der Waals surface area contributed by atoms with Gasteiger partial charge in [0.15, 0.2) is 0 Å². The molecule has 0 spiro atoms. The Balaban J connectivity index is 1.79. The van der Waals surface area contributed by atoms with Gasteiger partial charge in [-0.2, -0.15) is 0 Å². The molecule has 0 atom stereocenters. The minimum atomic E-state index is 1.16. The van der Waals surface area contributed by atoms with E-state index in [2.05, 4.69) is 120 Å². The fraction of sp³-hybridized carbons (Fsp3) is 0. The molecule has 1 radical (unpaired) electrons. The Morgan fingerprint density at radius 1 is 0.552 bits per heavy atom. The molecule has 0 N–H and O–H groups in total. The molecule has 1 aromatic heterocycles. The maximum Gasteiger partial charge on any atom is 0.0547 e. The quantitative estimate of drug-likeness (QED) is 0.300. The van der Waals surface area contributed by atoms with E-state index in [-0.39, 0.29) is 0 Å². The lowest BCUT2D eigenvalue weighted by molar-refractivity contribution is 1.18. The van der Waals surface area contributed by atoms with Gasteiger partial charge in [0, 0.05) is 22.0 Å². The number of hydrogen-bond donors (Lipinski definition) is 0. The summed E-state index contributed by atoms with van der Waals surface area (Å²) in [5.74, 6) is 0. The van der Waals surface area contributed by atoms with E-state index in [1.807, 2.05) is 0 Å². The van der Waals surface area contributed by atoms with Gasteiger partial charge in [-0.05, 0) is 46.7 Å². The molecular weight excluding hydrogens is 350 g/mol. The summed E-state index contributed by atoms with van der Waals surface area (Å²) in [5.41, 5.74) is 5.98. The molecule has 6 aromatic rings. The van der Waals surface area contributed by atoms with E-state index < -0.39 is 0 Å². The molecule has 6 rings (SSSR count). The van der Waals surface area contributed by atoms with Gasteiger partial charge in [-0.15, -0.1) is 0 Å². The number of nitrogens with zero attached hydrogens (tertiary/aromatic N) is 1. The lowest BCUT2D eigenvalue weighted by Gasteiger charge is -2.10. The van der Waals surface area contributed by atoms with Crippen molar-refractivity contribution in [2.45, 2.75) is 0 Å². The fourth-order valence-corrected chi connectivity index (χ4v) is 4.47. The molecule has 29 heavy (non-hydrogen) atoms. The number of aromatic nitrogens is 1. The highest BCUT2D eigenvalue weighted by molar-refractivity contribution is 6.17. The molecule has 0 unspecified atom stereocenters. The molecule has 0 aliphatic heterocycles. The van der Waals surface area contributed by atoms with Crippen molar-refractivity contribution >= 4 is 32.6 Å². The Bertz CT molecular complexity index is 1480. The highest BCUT2D eigenvalue weighted by atomic mass is 15.0. The summed E-state index contributed by atoms with van der Waals surface area (Å²) < 4.78 is 2.35. The van der Waals surface area contributed by atoms with Crippen molar-refractivity contribution in [1.82, 2.24) is 4.57 Å². The minimum absolute atomic E-state index is 1.16. The third-order valence-corrected chi connectivity index (χ3v) is 5.70. The van der Waals surface area contributed by atoms with Gasteiger partial charge < -0.3 is 4.57 Å². The third kappa shape index (κ3) is 2.41. The molecule has 0 fully saturated rings. The van der Waals surface area contributed by atoms with Gasteiger partial charge in [0.25, 0.3) is 0 Å². The van der Waals surface area contributed by atoms with Crippen LogP contribution in [0.3, 0.4) is 0 Å². The maximum atomic E-state index is 3.56. The predicted octanol–water partition coefficient (Wildman–Crippen LogP) is 7.40. The Labute approximate surface area is 169 Å². The summed E-state index contributed by atoms with van der Waals surface area (Å²) in [7, 11) is 0. The van der Waals surface area contributed by atoms with Crippen LogP contribution in [-0.4, -0.2) is 4.57 Å². The summed E-state index contributed by atoms with van der Waals surface area (Å²) >= 11 is 0. The lowest BCUT2D eigenvalue weighted by Crippen LogP contribution is -1.93. The van der Waals surface area contributed by atoms with Gasteiger partial charge >= 0.3 is 0 Å². The molecule has 1 heteroatoms. The number of benzene rings is 5. The summed E-state index contributed by atoms with van der Waals surface area (Å²) in [6.07, 6.45) is 0. The van der Waals surface area contributed by atoms with Crippen molar-refractivity contribution in [1.29, 1.82) is 0 Å². The average molecular weight is 368 g/mol. The van der Waals surface area contributed by atoms with Crippen LogP contribution >= 0.6 is 0 Å². The van der Waals surface area contributed by atoms with Crippen molar-refractivity contribution in [3.63, 3.8) is 0 Å². The van der Waals surface area contributed by atoms with Gasteiger partial charge in [-0.1, -0.05) is 84.9 Å². The van der Waals surface area contributed by atoms with Gasteiger partial charge in [-0.3, -0.25) is 0 Å². The zero-order valence-electron chi connectivity index (χ0n) is 15.8. The van der Waals surface area contributed by atoms with Crippen LogP contribution in [0.2, 0.25) is 0 Å². The molecule has 0 aliphatic carbocycles. The number of rotatable bonds is 2. The summed E-state index contributed by atoms with van der Waals surface area (Å²) in [4.78, 5) is 0. The van der Waals surface area contributed by atoms with Crippen molar-refractivity contribution in [3.05, 3.63) is 115 Å². The van der Waals surface area contributed by atoms with E-state index in [0.717, 1.165) is 5.56 Å². The second-order valence-corrected chi connectivity index (χ2v) is 7.33. The second kappa shape index (κ2) is 6.35. The largest absolute Gasteiger partial charge is 0.309 e. The van der Waals surface area contributed by atoms with E-state index in [9.17, 15) is 0 Å². The van der Waals surface area contributed by atoms with Crippen molar-refractivity contribution in [3.8, 4) is 16.8 Å². The minimum Gasteiger partial charge on any atom is -0.309 e. The molecular formula is C28H18N. The van der Waals surface area contributed by atoms with Crippen LogP contribution in [0.25, 0.3) is 49.4 Å². The van der Waals surface area contributed by atoms with Gasteiger partial charge in [0.2, 0.25) is 0 Å². The smallest absolute Gasteiger partial charge is 0.0547 e. The number of hydrogen-bond acceptors (Lipinski definition) is 0. The predicted molar refractivity (Wildman–Crippen MR) is 123 cm³/mol. The Hall–Kier alpha value is -3.84. The van der Waals surface area contributed by atoms with E-state index in [0.29, 0.717) is 0 Å². The SMILES string of the molecule is [c]1ccc2c(c1-c1cccc3ccccc13)c1ccccc1n2-c1ccccc1. The van der Waals surface area contributed by atoms with Crippen LogP contribution in [0.4, 0.5) is 0 Å². The van der Waals surface area contributed by atoms with Gasteiger partial charge in [-0.25, -0.2) is 0 Å². The molecule has 0 saturated carbocycles. The fourth-order valence-electron chi connectivity index (χ4n) is 4.47. The Kier molecular flexibility index (Phi) is 3.54. The zero-order valence-corrected chi connectivity index (χ0v) is 15.8. The molecule has 0 aliphatic rings. The highest BCUT2D eigenvalue weighted by Crippen LogP contribution is 2.40. The summed E-state index contributed by atoms with van der Waals surface area (Å²) in [6.45, 7) is 0. The zero-order chi connectivity index (χ0) is 19.2. The van der Waals surface area contributed by atoms with Crippen LogP contribution in [-0.2, 0) is 0 Å². The van der Waals surface area contributed by atoms with Crippen LogP contribution in [0.1, 0.15) is 0 Å². The normalized spacial score (nSPS) is 11.4. The topological polar surface area (TPSA) is 4.93 Å². The van der Waals surface area contributed by atoms with E-state index in [4.69, 9.17) is 0 Å². The maximum absolute atomic E-state index is 3.56. The highest BCUT2D eigenvalue weighted by Gasteiger charge is 2.16. The molecule has 1 heterocycles. The van der Waals surface area contributed by atoms with Crippen LogP contribution in [0.5, 0.6) is 0 Å². The first kappa shape index (κ1) is 16.1. The number of fused-ring (bicyclic) bond motifs is 4. The standard InChI is InChI=1S/C28H18N/c1-2-12-21(13-3-1)29-26-18-7-6-15-25(26)28-24(17-9-19-27(28)29)23-16-8-11-20-10-4-5-14-22(20)23/h1-16,18-19H. The van der Waals surface area contributed by atoms with Crippen LogP contribution < -0.4 is 0 Å². The van der Waals surface area contributed by atoms with Gasteiger partial charge in [0.1, 0.15) is 0 Å². The first-order valence-electron chi connectivity index (χ1n) is 9.89. The number of para-hydroxylation sites is 2. The Morgan fingerprint density at radius 2 is 1.28 bits per heavy atom. The first-order chi connectivity index (χ1) is 14.4. The third-order valence-electron chi connectivity index (χ3n) is 5.70. The monoisotopic (exact) mass is 368 g/mol. The van der Waals surface area contributed by atoms with Gasteiger partial charge in [0.05, 0.1) is 11.0 Å². The Morgan fingerprint density at radius 3 is 2.17 bits per heavy atom. The molecule has 135 valence electrons. The van der Waals surface area contributed by atoms with Crippen molar-refractivity contribution in [2.24, 2.45) is 0 Å². The van der Waals surface area contributed by atoms with Crippen LogP contribution in [0, 0.1) is 6.07 Å². The summed E-state index contributed by atoms with van der Waals surface area (Å²) in [5, 5.41) is 5.02. The average Bonchev–Trinajstić information content (AvgIpc) is 3.14. The summed E-state index contributed by atoms with van der Waals surface area (Å²) in [6, 6.07) is 42.1. The van der Waals surface area contributed by atoms with Crippen molar-refractivity contribution in [2.75, 3.05) is 0 Å². The van der Waals surface area contributed by atoms with E-state index in [1.165, 1.54) is 43.8 Å². The van der Waals surface area contributed by atoms with E-state index in [1.54, 1.807) is 0 Å². The molecule has 5 aromatic carbocycles. The second-order valence-electron chi connectivity index (χ2n) is 7.33. The lowest BCUT2D eigenvalue weighted by atomic mass is 9.95. The van der Waals surface area contributed by atoms with Crippen molar-refractivity contribution < 1.29 is 0 Å². The molecule has 0 saturated heterocycles. The first-order valence-corrected chi connectivity index (χ1v) is 9.89. The molecule has 1 nitrogen and oxygen atoms in total. The molecule has 0 amide bonds. The molecule has 0 bridgehead atoms. The van der Waals surface area contributed by atoms with E-state index >= 15 is 0 Å². The van der Waals surface area contributed by atoms with Crippen LogP contribution in [0.15, 0.2) is 109 Å².